The van der Waals surface area contributed by atoms with Crippen LogP contribution in [-0.2, 0) is 6.42 Å². The van der Waals surface area contributed by atoms with Crippen LogP contribution < -0.4 is 11.3 Å². The number of halogens is 2. The van der Waals surface area contributed by atoms with E-state index in [0.717, 1.165) is 11.1 Å². The number of nitrogens with zero attached hydrogens (tertiary/aromatic N) is 1. The minimum Gasteiger partial charge on any atom is -0.271 e. The molecule has 0 amide bonds. The van der Waals surface area contributed by atoms with Gasteiger partial charge in [-0.15, -0.1) is 0 Å². The van der Waals surface area contributed by atoms with E-state index in [0.29, 0.717) is 6.42 Å². The molecule has 0 spiro atoms. The summed E-state index contributed by atoms with van der Waals surface area (Å²) in [7, 11) is 0. The number of benzene rings is 1. The molecule has 3 nitrogen and oxygen atoms in total. The number of aromatic nitrogens is 1. The number of nitrogens with two attached hydrogens (primary N) is 1. The fourth-order valence-electron chi connectivity index (χ4n) is 1.75. The summed E-state index contributed by atoms with van der Waals surface area (Å²) in [4.78, 5) is 3.84. The highest BCUT2D eigenvalue weighted by Gasteiger charge is 2.11. The zero-order valence-electron chi connectivity index (χ0n) is 9.61. The van der Waals surface area contributed by atoms with Gasteiger partial charge in [0.15, 0.2) is 0 Å². The van der Waals surface area contributed by atoms with Crippen molar-refractivity contribution in [3.8, 4) is 0 Å². The van der Waals surface area contributed by atoms with Crippen molar-refractivity contribution in [3.05, 3.63) is 63.2 Å². The molecule has 2 rings (SSSR count). The number of rotatable bonds is 4. The number of hydrazine groups is 1. The molecular formula is C13H13FIN3. The first kappa shape index (κ1) is 13.4. The molecule has 94 valence electrons. The summed E-state index contributed by atoms with van der Waals surface area (Å²) >= 11 is 2.26. The highest BCUT2D eigenvalue weighted by molar-refractivity contribution is 14.1. The van der Waals surface area contributed by atoms with Crippen LogP contribution >= 0.6 is 22.6 Å². The van der Waals surface area contributed by atoms with Crippen LogP contribution in [0.5, 0.6) is 0 Å². The first-order chi connectivity index (χ1) is 8.69. The molecule has 0 aliphatic rings. The summed E-state index contributed by atoms with van der Waals surface area (Å²) in [5, 5.41) is 0. The average Bonchev–Trinajstić information content (AvgIpc) is 2.38. The highest BCUT2D eigenvalue weighted by atomic mass is 127. The summed E-state index contributed by atoms with van der Waals surface area (Å²) in [6.07, 6.45) is 3.50. The van der Waals surface area contributed by atoms with Crippen molar-refractivity contribution in [3.63, 3.8) is 0 Å². The number of nitrogens with one attached hydrogen (secondary N) is 1. The minimum absolute atomic E-state index is 0.145. The monoisotopic (exact) mass is 357 g/mol. The van der Waals surface area contributed by atoms with Gasteiger partial charge in [-0.2, -0.15) is 0 Å². The lowest BCUT2D eigenvalue weighted by molar-refractivity contribution is 0.541. The number of hydrogen-bond acceptors (Lipinski definition) is 3. The first-order valence-electron chi connectivity index (χ1n) is 5.50. The summed E-state index contributed by atoms with van der Waals surface area (Å²) in [6.45, 7) is 0. The highest BCUT2D eigenvalue weighted by Crippen LogP contribution is 2.18. The van der Waals surface area contributed by atoms with Gasteiger partial charge in [-0.1, -0.05) is 12.1 Å². The van der Waals surface area contributed by atoms with E-state index in [1.165, 1.54) is 15.8 Å². The lowest BCUT2D eigenvalue weighted by Crippen LogP contribution is -2.29. The van der Waals surface area contributed by atoms with Gasteiger partial charge in [-0.05, 0) is 58.3 Å². The standard InChI is InChI=1S/C13H13FIN3/c14-11-6-10(7-17-8-11)13(18-16)5-9-1-3-12(15)4-2-9/h1-4,6-8,13,18H,5,16H2. The average molecular weight is 357 g/mol. The molecule has 0 saturated heterocycles. The minimum atomic E-state index is -0.352. The van der Waals surface area contributed by atoms with Crippen molar-refractivity contribution in [2.24, 2.45) is 5.84 Å². The van der Waals surface area contributed by atoms with Crippen LogP contribution in [-0.4, -0.2) is 4.98 Å². The summed E-state index contributed by atoms with van der Waals surface area (Å²) < 4.78 is 14.3. The Bertz CT molecular complexity index is 516. The maximum absolute atomic E-state index is 13.1. The Kier molecular flexibility index (Phi) is 4.62. The molecule has 0 saturated carbocycles. The molecule has 2 aromatic rings. The predicted molar refractivity (Wildman–Crippen MR) is 77.1 cm³/mol. The summed E-state index contributed by atoms with van der Waals surface area (Å²) in [5.41, 5.74) is 4.59. The number of pyridine rings is 1. The largest absolute Gasteiger partial charge is 0.271 e. The van der Waals surface area contributed by atoms with Crippen LogP contribution in [0, 0.1) is 9.39 Å². The van der Waals surface area contributed by atoms with E-state index >= 15 is 0 Å². The molecule has 3 N–H and O–H groups in total. The molecule has 5 heteroatoms. The van der Waals surface area contributed by atoms with Crippen LogP contribution in [0.4, 0.5) is 4.39 Å². The molecule has 0 radical (unpaired) electrons. The van der Waals surface area contributed by atoms with E-state index in [1.807, 2.05) is 24.3 Å². The molecule has 0 bridgehead atoms. The zero-order valence-corrected chi connectivity index (χ0v) is 11.8. The van der Waals surface area contributed by atoms with Gasteiger partial charge in [0.05, 0.1) is 12.2 Å². The van der Waals surface area contributed by atoms with Gasteiger partial charge in [-0.25, -0.2) is 4.39 Å². The molecule has 1 heterocycles. The third-order valence-corrected chi connectivity index (χ3v) is 3.40. The van der Waals surface area contributed by atoms with Gasteiger partial charge in [-0.3, -0.25) is 16.3 Å². The molecular weight excluding hydrogens is 344 g/mol. The second kappa shape index (κ2) is 6.21. The third-order valence-electron chi connectivity index (χ3n) is 2.68. The molecule has 0 fully saturated rings. The van der Waals surface area contributed by atoms with Crippen molar-refractivity contribution in [2.45, 2.75) is 12.5 Å². The van der Waals surface area contributed by atoms with Crippen LogP contribution in [0.15, 0.2) is 42.7 Å². The Labute approximate surface area is 119 Å². The zero-order chi connectivity index (χ0) is 13.0. The van der Waals surface area contributed by atoms with Gasteiger partial charge < -0.3 is 0 Å². The Morgan fingerprint density at radius 1 is 1.28 bits per heavy atom. The Balaban J connectivity index is 2.17. The van der Waals surface area contributed by atoms with Crippen LogP contribution in [0.1, 0.15) is 17.2 Å². The molecule has 1 unspecified atom stereocenters. The maximum atomic E-state index is 13.1. The maximum Gasteiger partial charge on any atom is 0.141 e. The van der Waals surface area contributed by atoms with Crippen LogP contribution in [0.25, 0.3) is 0 Å². The van der Waals surface area contributed by atoms with Gasteiger partial charge >= 0.3 is 0 Å². The van der Waals surface area contributed by atoms with Gasteiger partial charge in [0.2, 0.25) is 0 Å². The van der Waals surface area contributed by atoms with Crippen molar-refractivity contribution in [1.29, 1.82) is 0 Å². The van der Waals surface area contributed by atoms with Crippen molar-refractivity contribution >= 4 is 22.6 Å². The summed E-state index contributed by atoms with van der Waals surface area (Å²) in [5.74, 6) is 5.18. The van der Waals surface area contributed by atoms with Crippen LogP contribution in [0.3, 0.4) is 0 Å². The van der Waals surface area contributed by atoms with E-state index in [4.69, 9.17) is 5.84 Å². The van der Waals surface area contributed by atoms with Crippen molar-refractivity contribution in [1.82, 2.24) is 10.4 Å². The Morgan fingerprint density at radius 3 is 2.61 bits per heavy atom. The van der Waals surface area contributed by atoms with E-state index in [-0.39, 0.29) is 11.9 Å². The Morgan fingerprint density at radius 2 is 2.00 bits per heavy atom. The third kappa shape index (κ3) is 3.47. The normalized spacial score (nSPS) is 12.4. The molecule has 1 aromatic carbocycles. The molecule has 18 heavy (non-hydrogen) atoms. The number of hydrogen-bond donors (Lipinski definition) is 2. The quantitative estimate of drug-likeness (QED) is 0.503. The SMILES string of the molecule is NNC(Cc1ccc(I)cc1)c1cncc(F)c1. The van der Waals surface area contributed by atoms with E-state index in [1.54, 1.807) is 6.20 Å². The predicted octanol–water partition coefficient (Wildman–Crippen LogP) is 2.57. The molecule has 1 atom stereocenters. The lowest BCUT2D eigenvalue weighted by atomic mass is 10.0. The first-order valence-corrected chi connectivity index (χ1v) is 6.58. The molecule has 0 aliphatic heterocycles. The topological polar surface area (TPSA) is 50.9 Å². The molecule has 1 aromatic heterocycles. The fourth-order valence-corrected chi connectivity index (χ4v) is 2.11. The van der Waals surface area contributed by atoms with Crippen molar-refractivity contribution in [2.75, 3.05) is 0 Å². The molecule has 0 aliphatic carbocycles. The van der Waals surface area contributed by atoms with Crippen molar-refractivity contribution < 1.29 is 4.39 Å². The fraction of sp³-hybridized carbons (Fsp3) is 0.154. The van der Waals surface area contributed by atoms with Gasteiger partial charge in [0, 0.05) is 9.77 Å². The second-order valence-electron chi connectivity index (χ2n) is 3.99. The van der Waals surface area contributed by atoms with E-state index in [9.17, 15) is 4.39 Å². The van der Waals surface area contributed by atoms with Gasteiger partial charge in [0.25, 0.3) is 0 Å². The van der Waals surface area contributed by atoms with E-state index in [2.05, 4.69) is 33.0 Å². The summed E-state index contributed by atoms with van der Waals surface area (Å²) in [6, 6.07) is 9.45. The van der Waals surface area contributed by atoms with Crippen LogP contribution in [0.2, 0.25) is 0 Å². The smallest absolute Gasteiger partial charge is 0.141 e. The Hall–Kier alpha value is -1.05. The van der Waals surface area contributed by atoms with Gasteiger partial charge in [0.1, 0.15) is 5.82 Å². The van der Waals surface area contributed by atoms with E-state index < -0.39 is 0 Å². The lowest BCUT2D eigenvalue weighted by Gasteiger charge is -2.16. The second-order valence-corrected chi connectivity index (χ2v) is 5.23.